The average molecular weight is 454 g/mol. The number of hydrogen-bond acceptors (Lipinski definition) is 6. The van der Waals surface area contributed by atoms with E-state index in [0.29, 0.717) is 18.4 Å². The zero-order chi connectivity index (χ0) is 23.4. The summed E-state index contributed by atoms with van der Waals surface area (Å²) in [5, 5.41) is 6.54. The van der Waals surface area contributed by atoms with E-state index >= 15 is 0 Å². The van der Waals surface area contributed by atoms with Gasteiger partial charge in [-0.05, 0) is 25.1 Å². The molecule has 0 radical (unpaired) electrons. The highest BCUT2D eigenvalue weighted by molar-refractivity contribution is 5.88. The van der Waals surface area contributed by atoms with Crippen molar-refractivity contribution in [3.63, 3.8) is 0 Å². The van der Waals surface area contributed by atoms with Crippen LogP contribution in [-0.4, -0.2) is 27.2 Å². The standard InChI is InChI=1S/C23H20F2N4O4/c1-2-32-18-6-4-3-5-14(18)12-26-19(30)7-8-29-13-27-22-20(23(29)31)21(28-33-22)15-9-16(24)11-17(25)10-15/h3-6,9-11,13H,2,7-8,12H2,1H3,(H,26,30). The fraction of sp³-hybridized carbons (Fsp3) is 0.217. The molecule has 0 aliphatic heterocycles. The smallest absolute Gasteiger partial charge is 0.266 e. The van der Waals surface area contributed by atoms with E-state index in [1.54, 1.807) is 0 Å². The van der Waals surface area contributed by atoms with Crippen molar-refractivity contribution in [3.8, 4) is 17.0 Å². The number of benzene rings is 2. The molecule has 0 saturated heterocycles. The van der Waals surface area contributed by atoms with Gasteiger partial charge in [-0.25, -0.2) is 13.8 Å². The summed E-state index contributed by atoms with van der Waals surface area (Å²) >= 11 is 0. The number of aromatic nitrogens is 3. The number of carbonyl (C=O) groups excluding carboxylic acids is 1. The Morgan fingerprint density at radius 2 is 1.94 bits per heavy atom. The average Bonchev–Trinajstić information content (AvgIpc) is 3.23. The Kier molecular flexibility index (Phi) is 6.43. The van der Waals surface area contributed by atoms with Crippen molar-refractivity contribution >= 4 is 17.0 Å². The summed E-state index contributed by atoms with van der Waals surface area (Å²) < 4.78 is 39.1. The Balaban J connectivity index is 1.49. The van der Waals surface area contributed by atoms with Gasteiger partial charge in [0.05, 0.1) is 6.61 Å². The van der Waals surface area contributed by atoms with Gasteiger partial charge in [-0.1, -0.05) is 23.4 Å². The molecule has 0 saturated carbocycles. The Bertz CT molecular complexity index is 1350. The third kappa shape index (κ3) is 4.89. The van der Waals surface area contributed by atoms with Gasteiger partial charge in [0.2, 0.25) is 5.91 Å². The van der Waals surface area contributed by atoms with E-state index in [-0.39, 0.29) is 47.8 Å². The maximum absolute atomic E-state index is 13.6. The fourth-order valence-electron chi connectivity index (χ4n) is 3.38. The van der Waals surface area contributed by atoms with Gasteiger partial charge in [-0.3, -0.25) is 14.2 Å². The van der Waals surface area contributed by atoms with E-state index in [1.807, 2.05) is 31.2 Å². The molecule has 1 amide bonds. The van der Waals surface area contributed by atoms with Crippen molar-refractivity contribution in [2.24, 2.45) is 0 Å². The minimum atomic E-state index is -0.812. The van der Waals surface area contributed by atoms with Crippen LogP contribution >= 0.6 is 0 Å². The Morgan fingerprint density at radius 1 is 1.18 bits per heavy atom. The Morgan fingerprint density at radius 3 is 2.70 bits per heavy atom. The van der Waals surface area contributed by atoms with Crippen LogP contribution in [0.25, 0.3) is 22.4 Å². The highest BCUT2D eigenvalue weighted by atomic mass is 19.1. The number of para-hydroxylation sites is 1. The molecule has 0 bridgehead atoms. The maximum atomic E-state index is 13.6. The molecule has 0 aliphatic carbocycles. The van der Waals surface area contributed by atoms with E-state index in [4.69, 9.17) is 9.26 Å². The van der Waals surface area contributed by atoms with Crippen LogP contribution < -0.4 is 15.6 Å². The van der Waals surface area contributed by atoms with Crippen molar-refractivity contribution in [1.29, 1.82) is 0 Å². The third-order valence-electron chi connectivity index (χ3n) is 4.93. The lowest BCUT2D eigenvalue weighted by atomic mass is 10.1. The highest BCUT2D eigenvalue weighted by Gasteiger charge is 2.18. The van der Waals surface area contributed by atoms with E-state index in [9.17, 15) is 18.4 Å². The Labute approximate surface area is 186 Å². The minimum absolute atomic E-state index is 0.0130. The molecule has 4 aromatic rings. The lowest BCUT2D eigenvalue weighted by Crippen LogP contribution is -2.27. The van der Waals surface area contributed by atoms with Gasteiger partial charge in [-0.15, -0.1) is 0 Å². The number of fused-ring (bicyclic) bond motifs is 1. The summed E-state index contributed by atoms with van der Waals surface area (Å²) in [6.07, 6.45) is 1.25. The monoisotopic (exact) mass is 454 g/mol. The van der Waals surface area contributed by atoms with Crippen LogP contribution in [0.15, 0.2) is 58.1 Å². The molecular formula is C23H20F2N4O4. The van der Waals surface area contributed by atoms with E-state index in [2.05, 4.69) is 15.5 Å². The van der Waals surface area contributed by atoms with Crippen molar-refractivity contribution in [2.75, 3.05) is 6.61 Å². The van der Waals surface area contributed by atoms with Crippen LogP contribution in [0.5, 0.6) is 5.75 Å². The highest BCUT2D eigenvalue weighted by Crippen LogP contribution is 2.25. The van der Waals surface area contributed by atoms with Crippen molar-refractivity contribution < 1.29 is 22.8 Å². The first-order chi connectivity index (χ1) is 16.0. The summed E-state index contributed by atoms with van der Waals surface area (Å²) in [5.74, 6) is -1.20. The van der Waals surface area contributed by atoms with Gasteiger partial charge < -0.3 is 14.6 Å². The third-order valence-corrected chi connectivity index (χ3v) is 4.93. The first-order valence-corrected chi connectivity index (χ1v) is 10.2. The minimum Gasteiger partial charge on any atom is -0.494 e. The van der Waals surface area contributed by atoms with Crippen LogP contribution in [0.4, 0.5) is 8.78 Å². The molecule has 2 aromatic carbocycles. The summed E-state index contributed by atoms with van der Waals surface area (Å²) in [7, 11) is 0. The predicted molar refractivity (Wildman–Crippen MR) is 115 cm³/mol. The number of amides is 1. The summed E-state index contributed by atoms with van der Waals surface area (Å²) in [6, 6.07) is 10.2. The summed E-state index contributed by atoms with van der Waals surface area (Å²) in [6.45, 7) is 2.71. The fourth-order valence-corrected chi connectivity index (χ4v) is 3.38. The number of ether oxygens (including phenoxy) is 1. The number of carbonyl (C=O) groups is 1. The molecule has 2 heterocycles. The Hall–Kier alpha value is -4.08. The van der Waals surface area contributed by atoms with Crippen LogP contribution in [0.2, 0.25) is 0 Å². The lowest BCUT2D eigenvalue weighted by molar-refractivity contribution is -0.121. The molecule has 0 atom stereocenters. The van der Waals surface area contributed by atoms with Gasteiger partial charge in [0.15, 0.2) is 0 Å². The number of nitrogens with zero attached hydrogens (tertiary/aromatic N) is 3. The second-order valence-corrected chi connectivity index (χ2v) is 7.18. The van der Waals surface area contributed by atoms with Crippen molar-refractivity contribution in [2.45, 2.75) is 26.4 Å². The molecule has 8 nitrogen and oxygen atoms in total. The second-order valence-electron chi connectivity index (χ2n) is 7.18. The summed E-state index contributed by atoms with van der Waals surface area (Å²) in [5.41, 5.74) is 0.272. The molecule has 2 aromatic heterocycles. The first-order valence-electron chi connectivity index (χ1n) is 10.2. The molecule has 1 N–H and O–H groups in total. The molecule has 0 fully saturated rings. The zero-order valence-corrected chi connectivity index (χ0v) is 17.7. The van der Waals surface area contributed by atoms with Crippen molar-refractivity contribution in [1.82, 2.24) is 20.0 Å². The zero-order valence-electron chi connectivity index (χ0n) is 17.7. The molecule has 33 heavy (non-hydrogen) atoms. The van der Waals surface area contributed by atoms with Crippen LogP contribution in [0.1, 0.15) is 18.9 Å². The van der Waals surface area contributed by atoms with Crippen LogP contribution in [0.3, 0.4) is 0 Å². The number of aryl methyl sites for hydroxylation is 1. The van der Waals surface area contributed by atoms with Crippen LogP contribution in [-0.2, 0) is 17.9 Å². The number of hydrogen-bond donors (Lipinski definition) is 1. The van der Waals surface area contributed by atoms with E-state index in [1.165, 1.54) is 10.9 Å². The van der Waals surface area contributed by atoms with Gasteiger partial charge in [0.25, 0.3) is 11.3 Å². The quantitative estimate of drug-likeness (QED) is 0.438. The number of halogens is 2. The normalized spacial score (nSPS) is 11.0. The van der Waals surface area contributed by atoms with E-state index < -0.39 is 17.2 Å². The number of rotatable bonds is 8. The summed E-state index contributed by atoms with van der Waals surface area (Å²) in [4.78, 5) is 29.3. The van der Waals surface area contributed by atoms with Gasteiger partial charge >= 0.3 is 0 Å². The maximum Gasteiger partial charge on any atom is 0.266 e. The topological polar surface area (TPSA) is 99.2 Å². The molecule has 0 aliphatic rings. The molecule has 0 spiro atoms. The van der Waals surface area contributed by atoms with Gasteiger partial charge in [-0.2, -0.15) is 0 Å². The SMILES string of the molecule is CCOc1ccccc1CNC(=O)CCn1cnc2onc(-c3cc(F)cc(F)c3)c2c1=O. The van der Waals surface area contributed by atoms with E-state index in [0.717, 1.165) is 17.7 Å². The van der Waals surface area contributed by atoms with Crippen molar-refractivity contribution in [3.05, 3.63) is 76.3 Å². The molecular weight excluding hydrogens is 434 g/mol. The molecule has 10 heteroatoms. The molecule has 4 rings (SSSR count). The lowest BCUT2D eigenvalue weighted by Gasteiger charge is -2.11. The predicted octanol–water partition coefficient (Wildman–Crippen LogP) is 3.43. The second kappa shape index (κ2) is 9.60. The molecule has 170 valence electrons. The van der Waals surface area contributed by atoms with Crippen LogP contribution in [0, 0.1) is 11.6 Å². The first kappa shape index (κ1) is 22.1. The number of nitrogens with one attached hydrogen (secondary N) is 1. The van der Waals surface area contributed by atoms with Gasteiger partial charge in [0, 0.05) is 36.7 Å². The largest absolute Gasteiger partial charge is 0.494 e. The molecule has 0 unspecified atom stereocenters. The van der Waals surface area contributed by atoms with Gasteiger partial charge in [0.1, 0.15) is 34.8 Å².